The van der Waals surface area contributed by atoms with Crippen molar-refractivity contribution in [1.82, 2.24) is 9.88 Å². The Kier molecular flexibility index (Phi) is 3.52. The molecule has 0 spiro atoms. The Bertz CT molecular complexity index is 393. The first-order valence-electron chi connectivity index (χ1n) is 6.31. The highest BCUT2D eigenvalue weighted by Crippen LogP contribution is 2.35. The molecule has 0 aromatic carbocycles. The van der Waals surface area contributed by atoms with Crippen LogP contribution in [0.4, 0.5) is 0 Å². The standard InChI is InChI=1S/C13H21N3O/c1-9(2)11(8-14)15-13(17)12-4-3-7-16(12)10-5-6-10/h3-4,7,9-11H,5-6,8,14H2,1-2H3,(H,15,17). The zero-order valence-electron chi connectivity index (χ0n) is 10.5. The average Bonchev–Trinajstić information content (AvgIpc) is 3.03. The van der Waals surface area contributed by atoms with Gasteiger partial charge in [-0.25, -0.2) is 0 Å². The summed E-state index contributed by atoms with van der Waals surface area (Å²) in [4.78, 5) is 12.1. The highest BCUT2D eigenvalue weighted by Gasteiger charge is 2.27. The third-order valence-corrected chi connectivity index (χ3v) is 3.33. The quantitative estimate of drug-likeness (QED) is 0.813. The number of amides is 1. The molecule has 1 fully saturated rings. The van der Waals surface area contributed by atoms with E-state index >= 15 is 0 Å². The van der Waals surface area contributed by atoms with E-state index in [0.29, 0.717) is 18.5 Å². The molecule has 4 heteroatoms. The SMILES string of the molecule is CC(C)C(CN)NC(=O)c1cccn1C1CC1. The molecule has 1 aromatic rings. The maximum absolute atomic E-state index is 12.1. The summed E-state index contributed by atoms with van der Waals surface area (Å²) in [5.74, 6) is 0.347. The van der Waals surface area contributed by atoms with Crippen LogP contribution in [-0.4, -0.2) is 23.1 Å². The molecule has 1 aliphatic rings. The highest BCUT2D eigenvalue weighted by molar-refractivity contribution is 5.93. The molecular weight excluding hydrogens is 214 g/mol. The molecule has 0 radical (unpaired) electrons. The van der Waals surface area contributed by atoms with Crippen molar-refractivity contribution < 1.29 is 4.79 Å². The predicted octanol–water partition coefficient (Wildman–Crippen LogP) is 1.54. The van der Waals surface area contributed by atoms with Gasteiger partial charge in [0.2, 0.25) is 0 Å². The summed E-state index contributed by atoms with van der Waals surface area (Å²) in [6.07, 6.45) is 4.35. The Labute approximate surface area is 102 Å². The second kappa shape index (κ2) is 4.92. The molecule has 1 atom stereocenters. The van der Waals surface area contributed by atoms with E-state index in [0.717, 1.165) is 5.69 Å². The Balaban J connectivity index is 2.06. The van der Waals surface area contributed by atoms with Gasteiger partial charge in [-0.05, 0) is 30.9 Å². The lowest BCUT2D eigenvalue weighted by Crippen LogP contribution is -2.44. The van der Waals surface area contributed by atoms with E-state index in [1.807, 2.05) is 18.3 Å². The Morgan fingerprint density at radius 3 is 2.82 bits per heavy atom. The van der Waals surface area contributed by atoms with E-state index < -0.39 is 0 Å². The van der Waals surface area contributed by atoms with Crippen LogP contribution in [0.15, 0.2) is 18.3 Å². The molecule has 1 heterocycles. The molecule has 94 valence electrons. The summed E-state index contributed by atoms with van der Waals surface area (Å²) >= 11 is 0. The smallest absolute Gasteiger partial charge is 0.268 e. The first-order valence-corrected chi connectivity index (χ1v) is 6.31. The van der Waals surface area contributed by atoms with Crippen LogP contribution in [0.3, 0.4) is 0 Å². The Morgan fingerprint density at radius 1 is 1.59 bits per heavy atom. The molecular formula is C13H21N3O. The number of aromatic nitrogens is 1. The van der Waals surface area contributed by atoms with Crippen LogP contribution >= 0.6 is 0 Å². The van der Waals surface area contributed by atoms with Crippen molar-refractivity contribution in [3.63, 3.8) is 0 Å². The summed E-state index contributed by atoms with van der Waals surface area (Å²) in [6.45, 7) is 4.61. The molecule has 1 saturated carbocycles. The second-order valence-corrected chi connectivity index (χ2v) is 5.09. The van der Waals surface area contributed by atoms with E-state index in [1.54, 1.807) is 0 Å². The molecule has 0 aliphatic heterocycles. The van der Waals surface area contributed by atoms with Crippen molar-refractivity contribution >= 4 is 5.91 Å². The van der Waals surface area contributed by atoms with Gasteiger partial charge in [-0.2, -0.15) is 0 Å². The van der Waals surface area contributed by atoms with Crippen molar-refractivity contribution in [2.75, 3.05) is 6.54 Å². The van der Waals surface area contributed by atoms with E-state index in [4.69, 9.17) is 5.73 Å². The first kappa shape index (κ1) is 12.2. The second-order valence-electron chi connectivity index (χ2n) is 5.09. The highest BCUT2D eigenvalue weighted by atomic mass is 16.2. The summed E-state index contributed by atoms with van der Waals surface area (Å²) in [5, 5.41) is 3.01. The average molecular weight is 235 g/mol. The molecule has 1 aliphatic carbocycles. The predicted molar refractivity (Wildman–Crippen MR) is 67.8 cm³/mol. The van der Waals surface area contributed by atoms with Gasteiger partial charge in [0.1, 0.15) is 5.69 Å². The Hall–Kier alpha value is -1.29. The number of hydrogen-bond donors (Lipinski definition) is 2. The zero-order chi connectivity index (χ0) is 12.4. The van der Waals surface area contributed by atoms with Crippen LogP contribution in [0.25, 0.3) is 0 Å². The lowest BCUT2D eigenvalue weighted by atomic mass is 10.0. The van der Waals surface area contributed by atoms with Gasteiger partial charge in [0, 0.05) is 24.8 Å². The molecule has 3 N–H and O–H groups in total. The number of nitrogens with one attached hydrogen (secondary N) is 1. The van der Waals surface area contributed by atoms with Crippen molar-refractivity contribution in [2.24, 2.45) is 11.7 Å². The van der Waals surface area contributed by atoms with E-state index in [2.05, 4.69) is 23.7 Å². The van der Waals surface area contributed by atoms with Gasteiger partial charge in [-0.3, -0.25) is 4.79 Å². The monoisotopic (exact) mass is 235 g/mol. The number of nitrogens with zero attached hydrogens (tertiary/aromatic N) is 1. The van der Waals surface area contributed by atoms with Crippen LogP contribution in [0.2, 0.25) is 0 Å². The molecule has 1 amide bonds. The van der Waals surface area contributed by atoms with E-state index in [-0.39, 0.29) is 11.9 Å². The van der Waals surface area contributed by atoms with Gasteiger partial charge >= 0.3 is 0 Å². The lowest BCUT2D eigenvalue weighted by molar-refractivity contribution is 0.0918. The largest absolute Gasteiger partial charge is 0.347 e. The third-order valence-electron chi connectivity index (χ3n) is 3.33. The van der Waals surface area contributed by atoms with Crippen molar-refractivity contribution in [2.45, 2.75) is 38.8 Å². The molecule has 2 rings (SSSR count). The fourth-order valence-corrected chi connectivity index (χ4v) is 2.00. The van der Waals surface area contributed by atoms with Crippen LogP contribution in [0.5, 0.6) is 0 Å². The summed E-state index contributed by atoms with van der Waals surface area (Å²) in [7, 11) is 0. The molecule has 1 aromatic heterocycles. The molecule has 1 unspecified atom stereocenters. The lowest BCUT2D eigenvalue weighted by Gasteiger charge is -2.21. The topological polar surface area (TPSA) is 60.0 Å². The minimum atomic E-state index is -0.00829. The van der Waals surface area contributed by atoms with Crippen LogP contribution in [0.1, 0.15) is 43.2 Å². The van der Waals surface area contributed by atoms with Crippen LogP contribution in [0, 0.1) is 5.92 Å². The van der Waals surface area contributed by atoms with Crippen molar-refractivity contribution in [3.05, 3.63) is 24.0 Å². The zero-order valence-corrected chi connectivity index (χ0v) is 10.5. The van der Waals surface area contributed by atoms with Gasteiger partial charge < -0.3 is 15.6 Å². The van der Waals surface area contributed by atoms with Gasteiger partial charge in [0.05, 0.1) is 0 Å². The number of carbonyl (C=O) groups excluding carboxylic acids is 1. The number of carbonyl (C=O) groups is 1. The number of nitrogens with two attached hydrogens (primary N) is 1. The van der Waals surface area contributed by atoms with E-state index in [1.165, 1.54) is 12.8 Å². The Morgan fingerprint density at radius 2 is 2.29 bits per heavy atom. The fraction of sp³-hybridized carbons (Fsp3) is 0.615. The summed E-state index contributed by atoms with van der Waals surface area (Å²) < 4.78 is 2.07. The minimum absolute atomic E-state index is 0.00829. The molecule has 0 bridgehead atoms. The molecule has 0 saturated heterocycles. The van der Waals surface area contributed by atoms with Crippen LogP contribution in [-0.2, 0) is 0 Å². The first-order chi connectivity index (χ1) is 8.13. The van der Waals surface area contributed by atoms with Crippen molar-refractivity contribution in [3.8, 4) is 0 Å². The van der Waals surface area contributed by atoms with Gasteiger partial charge in [0.25, 0.3) is 5.91 Å². The van der Waals surface area contributed by atoms with Crippen molar-refractivity contribution in [1.29, 1.82) is 0 Å². The van der Waals surface area contributed by atoms with E-state index in [9.17, 15) is 4.79 Å². The maximum Gasteiger partial charge on any atom is 0.268 e. The maximum atomic E-state index is 12.1. The van der Waals surface area contributed by atoms with Gasteiger partial charge in [-0.1, -0.05) is 13.8 Å². The fourth-order valence-electron chi connectivity index (χ4n) is 2.00. The number of rotatable bonds is 5. The minimum Gasteiger partial charge on any atom is -0.347 e. The molecule has 4 nitrogen and oxygen atoms in total. The van der Waals surface area contributed by atoms with Gasteiger partial charge in [-0.15, -0.1) is 0 Å². The number of hydrogen-bond acceptors (Lipinski definition) is 2. The van der Waals surface area contributed by atoms with Crippen LogP contribution < -0.4 is 11.1 Å². The molecule has 17 heavy (non-hydrogen) atoms. The third kappa shape index (κ3) is 2.69. The van der Waals surface area contributed by atoms with Gasteiger partial charge in [0.15, 0.2) is 0 Å². The normalized spacial score (nSPS) is 17.2. The summed E-state index contributed by atoms with van der Waals surface area (Å²) in [6, 6.07) is 4.38. The summed E-state index contributed by atoms with van der Waals surface area (Å²) in [5.41, 5.74) is 6.42.